The Labute approximate surface area is 212 Å². The number of benzene rings is 1. The maximum atomic E-state index is 14.0. The highest BCUT2D eigenvalue weighted by Gasteiger charge is 2.37. The molecule has 3 amide bonds. The molecule has 1 aromatic carbocycles. The summed E-state index contributed by atoms with van der Waals surface area (Å²) in [5.74, 6) is -0.380. The maximum Gasteiger partial charge on any atom is 0.408 e. The predicted molar refractivity (Wildman–Crippen MR) is 141 cm³/mol. The van der Waals surface area contributed by atoms with E-state index < -0.39 is 29.3 Å². The Morgan fingerprint density at radius 1 is 1.06 bits per heavy atom. The van der Waals surface area contributed by atoms with E-state index in [0.29, 0.717) is 13.0 Å². The van der Waals surface area contributed by atoms with Crippen LogP contribution in [0.15, 0.2) is 24.3 Å². The molecule has 0 aliphatic carbocycles. The summed E-state index contributed by atoms with van der Waals surface area (Å²) in [6.45, 7) is 19.5. The average Bonchev–Trinajstić information content (AvgIpc) is 2.66. The van der Waals surface area contributed by atoms with Gasteiger partial charge in [0.15, 0.2) is 0 Å². The lowest BCUT2D eigenvalue weighted by Gasteiger charge is -2.36. The van der Waals surface area contributed by atoms with Crippen molar-refractivity contribution in [1.82, 2.24) is 15.5 Å². The van der Waals surface area contributed by atoms with Crippen LogP contribution in [-0.2, 0) is 14.3 Å². The van der Waals surface area contributed by atoms with Crippen molar-refractivity contribution in [2.75, 3.05) is 6.54 Å². The van der Waals surface area contributed by atoms with E-state index in [9.17, 15) is 14.4 Å². The van der Waals surface area contributed by atoms with Gasteiger partial charge in [-0.1, -0.05) is 57.0 Å². The second-order valence-electron chi connectivity index (χ2n) is 11.8. The molecule has 2 atom stereocenters. The van der Waals surface area contributed by atoms with Crippen LogP contribution in [0.2, 0.25) is 0 Å². The van der Waals surface area contributed by atoms with E-state index >= 15 is 0 Å². The summed E-state index contributed by atoms with van der Waals surface area (Å²) in [5.41, 5.74) is 0.597. The van der Waals surface area contributed by atoms with Gasteiger partial charge in [-0.3, -0.25) is 9.59 Å². The molecule has 0 aliphatic heterocycles. The Morgan fingerprint density at radius 3 is 2.17 bits per heavy atom. The molecule has 0 heterocycles. The lowest BCUT2D eigenvalue weighted by atomic mass is 9.97. The highest BCUT2D eigenvalue weighted by Crippen LogP contribution is 2.26. The summed E-state index contributed by atoms with van der Waals surface area (Å²) < 4.78 is 5.43. The molecule has 0 spiro atoms. The zero-order valence-corrected chi connectivity index (χ0v) is 23.5. The third-order valence-electron chi connectivity index (χ3n) is 5.15. The molecule has 1 aromatic rings. The third kappa shape index (κ3) is 11.1. The summed E-state index contributed by atoms with van der Waals surface area (Å²) >= 11 is 0. The first-order valence-electron chi connectivity index (χ1n) is 12.7. The van der Waals surface area contributed by atoms with Gasteiger partial charge in [-0.15, -0.1) is 0 Å². The normalized spacial score (nSPS) is 13.7. The smallest absolute Gasteiger partial charge is 0.408 e. The third-order valence-corrected chi connectivity index (χ3v) is 5.15. The number of ether oxygens (including phenoxy) is 1. The van der Waals surface area contributed by atoms with E-state index in [2.05, 4.69) is 10.6 Å². The Kier molecular flexibility index (Phi) is 11.3. The fourth-order valence-electron chi connectivity index (χ4n) is 3.79. The standard InChI is InChI=1S/C28H47N3O4/c1-11-12-16-31(25(33)22(17-19(2)3)29-26(34)35-28(8,9)10)23(24(32)30-27(5,6)7)21-15-13-14-20(4)18-21/h13-15,18-19,22-23H,11-12,16-17H2,1-10H3,(H,29,34)(H,30,32). The molecule has 2 N–H and O–H groups in total. The molecule has 0 fully saturated rings. The summed E-state index contributed by atoms with van der Waals surface area (Å²) in [7, 11) is 0. The molecule has 2 unspecified atom stereocenters. The fraction of sp³-hybridized carbons (Fsp3) is 0.679. The minimum Gasteiger partial charge on any atom is -0.444 e. The first kappa shape index (κ1) is 30.5. The monoisotopic (exact) mass is 489 g/mol. The highest BCUT2D eigenvalue weighted by molar-refractivity contribution is 5.92. The van der Waals surface area contributed by atoms with Gasteiger partial charge < -0.3 is 20.3 Å². The Bertz CT molecular complexity index is 852. The first-order chi connectivity index (χ1) is 16.0. The van der Waals surface area contributed by atoms with Gasteiger partial charge >= 0.3 is 6.09 Å². The summed E-state index contributed by atoms with van der Waals surface area (Å²) in [6.07, 6.45) is 1.39. The maximum absolute atomic E-state index is 14.0. The van der Waals surface area contributed by atoms with Crippen molar-refractivity contribution in [3.05, 3.63) is 35.4 Å². The van der Waals surface area contributed by atoms with Crippen molar-refractivity contribution < 1.29 is 19.1 Å². The minimum absolute atomic E-state index is 0.146. The van der Waals surface area contributed by atoms with Gasteiger partial charge in [0, 0.05) is 12.1 Å². The van der Waals surface area contributed by atoms with Crippen LogP contribution >= 0.6 is 0 Å². The molecule has 0 bridgehead atoms. The molecule has 35 heavy (non-hydrogen) atoms. The molecule has 0 saturated carbocycles. The minimum atomic E-state index is -0.816. The summed E-state index contributed by atoms with van der Waals surface area (Å²) in [5, 5.41) is 5.84. The molecule has 198 valence electrons. The molecule has 7 heteroatoms. The molecule has 0 saturated heterocycles. The van der Waals surface area contributed by atoms with Gasteiger partial charge in [-0.25, -0.2) is 4.79 Å². The number of carbonyl (C=O) groups excluding carboxylic acids is 3. The van der Waals surface area contributed by atoms with Crippen molar-refractivity contribution in [2.45, 2.75) is 112 Å². The van der Waals surface area contributed by atoms with Gasteiger partial charge in [0.05, 0.1) is 0 Å². The topological polar surface area (TPSA) is 87.7 Å². The molecular weight excluding hydrogens is 442 g/mol. The molecule has 0 radical (unpaired) electrons. The molecule has 7 nitrogen and oxygen atoms in total. The van der Waals surface area contributed by atoms with E-state index in [1.807, 2.05) is 72.7 Å². The number of unbranched alkanes of at least 4 members (excludes halogenated alkanes) is 1. The number of nitrogens with one attached hydrogen (secondary N) is 2. The first-order valence-corrected chi connectivity index (χ1v) is 12.7. The van der Waals surface area contributed by atoms with Crippen molar-refractivity contribution in [3.63, 3.8) is 0 Å². The van der Waals surface area contributed by atoms with Crippen molar-refractivity contribution in [1.29, 1.82) is 0 Å². The average molecular weight is 490 g/mol. The summed E-state index contributed by atoms with van der Waals surface area (Å²) in [6, 6.07) is 6.06. The number of hydrogen-bond donors (Lipinski definition) is 2. The number of alkyl carbamates (subject to hydrolysis) is 1. The Balaban J connectivity index is 3.49. The number of carbonyl (C=O) groups is 3. The van der Waals surface area contributed by atoms with Crippen LogP contribution in [0, 0.1) is 12.8 Å². The van der Waals surface area contributed by atoms with Gasteiger partial charge in [0.1, 0.15) is 17.7 Å². The quantitative estimate of drug-likeness (QED) is 0.453. The molecular formula is C28H47N3O4. The number of hydrogen-bond acceptors (Lipinski definition) is 4. The molecule has 0 aromatic heterocycles. The van der Waals surface area contributed by atoms with Crippen molar-refractivity contribution in [3.8, 4) is 0 Å². The Hall–Kier alpha value is -2.57. The zero-order chi connectivity index (χ0) is 27.0. The highest BCUT2D eigenvalue weighted by atomic mass is 16.6. The van der Waals surface area contributed by atoms with E-state index in [0.717, 1.165) is 24.0 Å². The van der Waals surface area contributed by atoms with E-state index in [1.165, 1.54) is 0 Å². The van der Waals surface area contributed by atoms with Crippen LogP contribution in [0.4, 0.5) is 4.79 Å². The lowest BCUT2D eigenvalue weighted by molar-refractivity contribution is -0.143. The van der Waals surface area contributed by atoms with E-state index in [-0.39, 0.29) is 17.7 Å². The van der Waals surface area contributed by atoms with Crippen molar-refractivity contribution >= 4 is 17.9 Å². The molecule has 1 rings (SSSR count). The summed E-state index contributed by atoms with van der Waals surface area (Å²) in [4.78, 5) is 41.9. The largest absolute Gasteiger partial charge is 0.444 e. The SMILES string of the molecule is CCCCN(C(=O)C(CC(C)C)NC(=O)OC(C)(C)C)C(C(=O)NC(C)(C)C)c1cccc(C)c1. The van der Waals surface area contributed by atoms with Gasteiger partial charge in [0.25, 0.3) is 0 Å². The van der Waals surface area contributed by atoms with E-state index in [1.54, 1.807) is 25.7 Å². The fourth-order valence-corrected chi connectivity index (χ4v) is 3.79. The van der Waals surface area contributed by atoms with Crippen LogP contribution in [-0.4, -0.2) is 46.5 Å². The number of rotatable bonds is 10. The van der Waals surface area contributed by atoms with Crippen LogP contribution in [0.25, 0.3) is 0 Å². The molecule has 0 aliphatic rings. The van der Waals surface area contributed by atoms with Crippen LogP contribution in [0.5, 0.6) is 0 Å². The van der Waals surface area contributed by atoms with Gasteiger partial charge in [-0.05, 0) is 72.8 Å². The van der Waals surface area contributed by atoms with Gasteiger partial charge in [-0.2, -0.15) is 0 Å². The van der Waals surface area contributed by atoms with E-state index in [4.69, 9.17) is 4.74 Å². The van der Waals surface area contributed by atoms with Crippen LogP contribution in [0.3, 0.4) is 0 Å². The zero-order valence-electron chi connectivity index (χ0n) is 23.5. The van der Waals surface area contributed by atoms with Crippen molar-refractivity contribution in [2.24, 2.45) is 5.92 Å². The second kappa shape index (κ2) is 12.9. The van der Waals surface area contributed by atoms with Crippen LogP contribution < -0.4 is 10.6 Å². The predicted octanol–water partition coefficient (Wildman–Crippen LogP) is 5.52. The van der Waals surface area contributed by atoms with Crippen LogP contribution in [0.1, 0.15) is 98.7 Å². The number of amides is 3. The lowest BCUT2D eigenvalue weighted by Crippen LogP contribution is -2.55. The number of nitrogens with zero attached hydrogens (tertiary/aromatic N) is 1. The van der Waals surface area contributed by atoms with Gasteiger partial charge in [0.2, 0.25) is 11.8 Å². The second-order valence-corrected chi connectivity index (χ2v) is 11.8. The number of aryl methyl sites for hydroxylation is 1. The Morgan fingerprint density at radius 2 is 1.69 bits per heavy atom.